The van der Waals surface area contributed by atoms with E-state index >= 15 is 0 Å². The number of hydrogen-bond acceptors (Lipinski definition) is 4. The standard InChI is InChI=1S/C14H28N2O2S/c1-11(19-5)13(18)16-8-6-15(7-9-16)10-12(17)14(2,3)4/h11-12,17H,6-10H2,1-5H3/t11-,12+/m0/s1. The third kappa shape index (κ3) is 4.97. The van der Waals surface area contributed by atoms with Gasteiger partial charge in [0, 0.05) is 32.7 Å². The lowest BCUT2D eigenvalue weighted by molar-refractivity contribution is -0.132. The van der Waals surface area contributed by atoms with Crippen molar-refractivity contribution in [2.24, 2.45) is 5.41 Å². The number of piperazine rings is 1. The second-order valence-corrected chi connectivity index (χ2v) is 7.56. The number of thioether (sulfide) groups is 1. The van der Waals surface area contributed by atoms with Crippen LogP contribution in [0.1, 0.15) is 27.7 Å². The van der Waals surface area contributed by atoms with Crippen molar-refractivity contribution in [3.63, 3.8) is 0 Å². The molecule has 1 N–H and O–H groups in total. The average molecular weight is 288 g/mol. The first-order valence-corrected chi connectivity index (χ1v) is 8.26. The fraction of sp³-hybridized carbons (Fsp3) is 0.929. The van der Waals surface area contributed by atoms with Crippen LogP contribution in [-0.4, -0.2) is 71.1 Å². The molecule has 19 heavy (non-hydrogen) atoms. The molecule has 5 heteroatoms. The summed E-state index contributed by atoms with van der Waals surface area (Å²) in [5.41, 5.74) is -0.0830. The summed E-state index contributed by atoms with van der Waals surface area (Å²) in [5, 5.41) is 10.2. The van der Waals surface area contributed by atoms with Crippen molar-refractivity contribution in [1.29, 1.82) is 0 Å². The molecule has 2 atom stereocenters. The summed E-state index contributed by atoms with van der Waals surface area (Å²) >= 11 is 1.60. The average Bonchev–Trinajstić information content (AvgIpc) is 2.36. The van der Waals surface area contributed by atoms with E-state index in [1.807, 2.05) is 18.1 Å². The molecule has 0 aromatic heterocycles. The lowest BCUT2D eigenvalue weighted by Crippen LogP contribution is -2.53. The van der Waals surface area contributed by atoms with E-state index in [1.54, 1.807) is 11.8 Å². The maximum atomic E-state index is 12.1. The zero-order valence-electron chi connectivity index (χ0n) is 12.8. The van der Waals surface area contributed by atoms with E-state index in [2.05, 4.69) is 25.7 Å². The Morgan fingerprint density at radius 2 is 1.79 bits per heavy atom. The highest BCUT2D eigenvalue weighted by molar-refractivity contribution is 7.99. The highest BCUT2D eigenvalue weighted by Crippen LogP contribution is 2.20. The molecule has 0 unspecified atom stereocenters. The smallest absolute Gasteiger partial charge is 0.235 e. The van der Waals surface area contributed by atoms with Crippen molar-refractivity contribution in [3.8, 4) is 0 Å². The number of carbonyl (C=O) groups excluding carboxylic acids is 1. The number of rotatable bonds is 4. The minimum Gasteiger partial charge on any atom is -0.391 e. The molecule has 1 aliphatic heterocycles. The first-order valence-electron chi connectivity index (χ1n) is 6.97. The van der Waals surface area contributed by atoms with E-state index in [0.717, 1.165) is 26.2 Å². The van der Waals surface area contributed by atoms with Gasteiger partial charge in [0.2, 0.25) is 5.91 Å². The SMILES string of the molecule is CS[C@@H](C)C(=O)N1CCN(C[C@@H](O)C(C)(C)C)CC1. The van der Waals surface area contributed by atoms with Crippen LogP contribution < -0.4 is 0 Å². The molecule has 0 aromatic carbocycles. The monoisotopic (exact) mass is 288 g/mol. The molecule has 0 aliphatic carbocycles. The van der Waals surface area contributed by atoms with E-state index in [1.165, 1.54) is 0 Å². The lowest BCUT2D eigenvalue weighted by Gasteiger charge is -2.38. The first kappa shape index (κ1) is 16.8. The van der Waals surface area contributed by atoms with Crippen LogP contribution in [0.25, 0.3) is 0 Å². The number of carbonyl (C=O) groups is 1. The van der Waals surface area contributed by atoms with Gasteiger partial charge >= 0.3 is 0 Å². The predicted molar refractivity (Wildman–Crippen MR) is 81.5 cm³/mol. The number of nitrogens with zero attached hydrogens (tertiary/aromatic N) is 2. The molecule has 0 aromatic rings. The summed E-state index contributed by atoms with van der Waals surface area (Å²) in [6.45, 7) is 12.1. The van der Waals surface area contributed by atoms with Crippen molar-refractivity contribution >= 4 is 17.7 Å². The second kappa shape index (κ2) is 6.95. The van der Waals surface area contributed by atoms with Gasteiger partial charge in [-0.25, -0.2) is 0 Å². The van der Waals surface area contributed by atoms with Gasteiger partial charge < -0.3 is 10.0 Å². The van der Waals surface area contributed by atoms with Crippen LogP contribution in [0.4, 0.5) is 0 Å². The van der Waals surface area contributed by atoms with Crippen LogP contribution >= 0.6 is 11.8 Å². The van der Waals surface area contributed by atoms with Gasteiger partial charge in [-0.1, -0.05) is 20.8 Å². The molecule has 1 heterocycles. The molecular weight excluding hydrogens is 260 g/mol. The minimum absolute atomic E-state index is 0.0479. The summed E-state index contributed by atoms with van der Waals surface area (Å²) in [5.74, 6) is 0.239. The Kier molecular flexibility index (Phi) is 6.15. The number of aliphatic hydroxyl groups is 1. The number of hydrogen-bond donors (Lipinski definition) is 1. The van der Waals surface area contributed by atoms with Crippen molar-refractivity contribution in [2.45, 2.75) is 39.0 Å². The summed E-state index contributed by atoms with van der Waals surface area (Å²) in [7, 11) is 0. The maximum Gasteiger partial charge on any atom is 0.235 e. The van der Waals surface area contributed by atoms with Crippen LogP contribution in [0.15, 0.2) is 0 Å². The fourth-order valence-corrected chi connectivity index (χ4v) is 2.38. The Bertz CT molecular complexity index is 296. The van der Waals surface area contributed by atoms with Gasteiger partial charge in [0.05, 0.1) is 11.4 Å². The Labute approximate surface area is 121 Å². The van der Waals surface area contributed by atoms with Crippen LogP contribution in [0, 0.1) is 5.41 Å². The summed E-state index contributed by atoms with van der Waals surface area (Å²) in [6, 6.07) is 0. The van der Waals surface area contributed by atoms with E-state index in [0.29, 0.717) is 6.54 Å². The second-order valence-electron chi connectivity index (χ2n) is 6.39. The molecule has 4 nitrogen and oxygen atoms in total. The topological polar surface area (TPSA) is 43.8 Å². The highest BCUT2D eigenvalue weighted by atomic mass is 32.2. The van der Waals surface area contributed by atoms with Gasteiger partial charge in [-0.3, -0.25) is 9.69 Å². The van der Waals surface area contributed by atoms with Gasteiger partial charge in [-0.15, -0.1) is 0 Å². The Morgan fingerprint density at radius 3 is 2.21 bits per heavy atom. The maximum absolute atomic E-state index is 12.1. The fourth-order valence-electron chi connectivity index (χ4n) is 2.03. The molecular formula is C14H28N2O2S. The number of β-amino-alcohol motifs (C(OH)–C–C–N with tert-alkyl or cyclic N) is 1. The Balaban J connectivity index is 2.39. The molecule has 0 spiro atoms. The third-order valence-electron chi connectivity index (χ3n) is 3.82. The van der Waals surface area contributed by atoms with Crippen molar-refractivity contribution < 1.29 is 9.90 Å². The van der Waals surface area contributed by atoms with Crippen molar-refractivity contribution in [2.75, 3.05) is 39.0 Å². The van der Waals surface area contributed by atoms with Crippen LogP contribution in [0.5, 0.6) is 0 Å². The van der Waals surface area contributed by atoms with Gasteiger partial charge in [0.1, 0.15) is 0 Å². The lowest BCUT2D eigenvalue weighted by atomic mass is 9.89. The largest absolute Gasteiger partial charge is 0.391 e. The molecule has 1 rings (SSSR count). The van der Waals surface area contributed by atoms with Gasteiger partial charge in [-0.05, 0) is 18.6 Å². The molecule has 0 radical (unpaired) electrons. The highest BCUT2D eigenvalue weighted by Gasteiger charge is 2.28. The number of amides is 1. The molecule has 1 amide bonds. The Morgan fingerprint density at radius 1 is 1.26 bits per heavy atom. The summed E-state index contributed by atoms with van der Waals surface area (Å²) < 4.78 is 0. The van der Waals surface area contributed by atoms with Gasteiger partial charge in [-0.2, -0.15) is 11.8 Å². The van der Waals surface area contributed by atoms with Crippen LogP contribution in [0.3, 0.4) is 0 Å². The summed E-state index contributed by atoms with van der Waals surface area (Å²) in [4.78, 5) is 16.3. The number of aliphatic hydroxyl groups excluding tert-OH is 1. The Hall–Kier alpha value is -0.260. The summed E-state index contributed by atoms with van der Waals surface area (Å²) in [6.07, 6.45) is 1.65. The normalized spacial score (nSPS) is 21.3. The molecule has 0 saturated carbocycles. The van der Waals surface area contributed by atoms with E-state index in [-0.39, 0.29) is 22.7 Å². The molecule has 1 fully saturated rings. The van der Waals surface area contributed by atoms with E-state index < -0.39 is 0 Å². The van der Waals surface area contributed by atoms with Gasteiger partial charge in [0.15, 0.2) is 0 Å². The molecule has 0 bridgehead atoms. The van der Waals surface area contributed by atoms with E-state index in [9.17, 15) is 9.90 Å². The minimum atomic E-state index is -0.320. The zero-order chi connectivity index (χ0) is 14.6. The van der Waals surface area contributed by atoms with Gasteiger partial charge in [0.25, 0.3) is 0 Å². The molecule has 1 aliphatic rings. The van der Waals surface area contributed by atoms with Crippen molar-refractivity contribution in [1.82, 2.24) is 9.80 Å². The van der Waals surface area contributed by atoms with Crippen LogP contribution in [-0.2, 0) is 4.79 Å². The molecule has 1 saturated heterocycles. The molecule has 112 valence electrons. The zero-order valence-corrected chi connectivity index (χ0v) is 13.7. The predicted octanol–water partition coefficient (Wildman–Crippen LogP) is 1.29. The van der Waals surface area contributed by atoms with Crippen molar-refractivity contribution in [3.05, 3.63) is 0 Å². The quantitative estimate of drug-likeness (QED) is 0.846. The van der Waals surface area contributed by atoms with Crippen LogP contribution in [0.2, 0.25) is 0 Å². The third-order valence-corrected chi connectivity index (χ3v) is 4.72. The first-order chi connectivity index (χ1) is 8.75. The van der Waals surface area contributed by atoms with E-state index in [4.69, 9.17) is 0 Å².